The number of aldehydes is 1. The zero-order chi connectivity index (χ0) is 11.0. The minimum absolute atomic E-state index is 0.545. The van der Waals surface area contributed by atoms with E-state index in [4.69, 9.17) is 0 Å². The molecule has 78 valence electrons. The van der Waals surface area contributed by atoms with Crippen molar-refractivity contribution >= 4 is 6.29 Å². The molecule has 0 aliphatic rings. The Bertz CT molecular complexity index is 509. The Morgan fingerprint density at radius 3 is 2.67 bits per heavy atom. The van der Waals surface area contributed by atoms with Crippen LogP contribution in [0.25, 0.3) is 5.82 Å². The monoisotopic (exact) mass is 204 g/mol. The zero-order valence-corrected chi connectivity index (χ0v) is 8.93. The van der Waals surface area contributed by atoms with E-state index in [2.05, 4.69) is 10.2 Å². The van der Waals surface area contributed by atoms with Gasteiger partial charge in [-0.05, 0) is 19.9 Å². The molecular weight excluding hydrogens is 192 g/mol. The first-order chi connectivity index (χ1) is 7.13. The van der Waals surface area contributed by atoms with Crippen LogP contribution < -0.4 is 0 Å². The molecular formula is C10H12N4O. The van der Waals surface area contributed by atoms with Gasteiger partial charge in [-0.1, -0.05) is 0 Å². The van der Waals surface area contributed by atoms with Crippen LogP contribution in [0.15, 0.2) is 12.3 Å². The van der Waals surface area contributed by atoms with Crippen LogP contribution in [0.2, 0.25) is 0 Å². The van der Waals surface area contributed by atoms with Crippen molar-refractivity contribution in [1.82, 2.24) is 19.6 Å². The summed E-state index contributed by atoms with van der Waals surface area (Å²) in [5.41, 5.74) is 2.45. The van der Waals surface area contributed by atoms with Gasteiger partial charge in [0.05, 0.1) is 17.5 Å². The number of aromatic nitrogens is 4. The van der Waals surface area contributed by atoms with E-state index < -0.39 is 0 Å². The molecule has 0 aromatic carbocycles. The van der Waals surface area contributed by atoms with Crippen molar-refractivity contribution in [2.75, 3.05) is 0 Å². The zero-order valence-electron chi connectivity index (χ0n) is 8.93. The van der Waals surface area contributed by atoms with Crippen LogP contribution >= 0.6 is 0 Å². The van der Waals surface area contributed by atoms with Crippen LogP contribution in [0.5, 0.6) is 0 Å². The molecule has 2 aromatic heterocycles. The molecule has 2 heterocycles. The smallest absolute Gasteiger partial charge is 0.162 e. The molecule has 0 saturated heterocycles. The first kappa shape index (κ1) is 9.64. The summed E-state index contributed by atoms with van der Waals surface area (Å²) >= 11 is 0. The van der Waals surface area contributed by atoms with Crippen LogP contribution in [0.4, 0.5) is 0 Å². The molecule has 0 aliphatic heterocycles. The summed E-state index contributed by atoms with van der Waals surface area (Å²) in [7, 11) is 1.79. The molecule has 2 aromatic rings. The van der Waals surface area contributed by atoms with Gasteiger partial charge in [-0.15, -0.1) is 0 Å². The number of nitrogens with zero attached hydrogens (tertiary/aromatic N) is 4. The van der Waals surface area contributed by atoms with Crippen molar-refractivity contribution in [3.8, 4) is 5.82 Å². The molecule has 0 bridgehead atoms. The lowest BCUT2D eigenvalue weighted by Crippen LogP contribution is -2.08. The Hall–Kier alpha value is -1.91. The molecule has 0 spiro atoms. The third-order valence-corrected chi connectivity index (χ3v) is 2.27. The van der Waals surface area contributed by atoms with Crippen LogP contribution in [0.3, 0.4) is 0 Å². The van der Waals surface area contributed by atoms with E-state index in [1.807, 2.05) is 19.9 Å². The minimum atomic E-state index is 0.545. The highest BCUT2D eigenvalue weighted by molar-refractivity contribution is 5.79. The van der Waals surface area contributed by atoms with Gasteiger partial charge in [-0.25, -0.2) is 4.68 Å². The SMILES string of the molecule is Cc1cc(C)n(-c2c(C=O)cnn2C)n1. The van der Waals surface area contributed by atoms with Crippen LogP contribution in [-0.2, 0) is 7.05 Å². The van der Waals surface area contributed by atoms with Crippen molar-refractivity contribution < 1.29 is 4.79 Å². The highest BCUT2D eigenvalue weighted by Crippen LogP contribution is 2.14. The van der Waals surface area contributed by atoms with Crippen molar-refractivity contribution in [1.29, 1.82) is 0 Å². The van der Waals surface area contributed by atoms with Gasteiger partial charge in [0.2, 0.25) is 0 Å². The van der Waals surface area contributed by atoms with Gasteiger partial charge in [0, 0.05) is 12.7 Å². The fourth-order valence-electron chi connectivity index (χ4n) is 1.63. The first-order valence-corrected chi connectivity index (χ1v) is 4.64. The van der Waals surface area contributed by atoms with E-state index in [0.717, 1.165) is 17.7 Å². The molecule has 0 aliphatic carbocycles. The second-order valence-corrected chi connectivity index (χ2v) is 3.50. The quantitative estimate of drug-likeness (QED) is 0.687. The lowest BCUT2D eigenvalue weighted by atomic mass is 10.3. The van der Waals surface area contributed by atoms with Gasteiger partial charge < -0.3 is 0 Å². The summed E-state index contributed by atoms with van der Waals surface area (Å²) in [6.07, 6.45) is 2.33. The van der Waals surface area contributed by atoms with E-state index in [9.17, 15) is 4.79 Å². The van der Waals surface area contributed by atoms with Crippen LogP contribution in [-0.4, -0.2) is 25.8 Å². The largest absolute Gasteiger partial charge is 0.298 e. The average Bonchev–Trinajstić information content (AvgIpc) is 2.69. The lowest BCUT2D eigenvalue weighted by molar-refractivity contribution is 0.112. The van der Waals surface area contributed by atoms with Crippen LogP contribution in [0, 0.1) is 13.8 Å². The predicted molar refractivity (Wildman–Crippen MR) is 55.2 cm³/mol. The predicted octanol–water partition coefficient (Wildman–Crippen LogP) is 1.04. The van der Waals surface area contributed by atoms with Gasteiger partial charge in [0.1, 0.15) is 0 Å². The highest BCUT2D eigenvalue weighted by atomic mass is 16.1. The number of rotatable bonds is 2. The number of aryl methyl sites for hydroxylation is 3. The molecule has 5 heteroatoms. The molecule has 0 unspecified atom stereocenters. The Balaban J connectivity index is 2.67. The number of carbonyl (C=O) groups is 1. The van der Waals surface area contributed by atoms with Gasteiger partial charge in [-0.3, -0.25) is 9.48 Å². The fourth-order valence-corrected chi connectivity index (χ4v) is 1.63. The van der Waals surface area contributed by atoms with Gasteiger partial charge in [0.25, 0.3) is 0 Å². The molecule has 0 radical (unpaired) electrons. The summed E-state index contributed by atoms with van der Waals surface area (Å²) in [6, 6.07) is 1.96. The third-order valence-electron chi connectivity index (χ3n) is 2.27. The van der Waals surface area contributed by atoms with E-state index in [1.54, 1.807) is 22.6 Å². The van der Waals surface area contributed by atoms with Gasteiger partial charge in [0.15, 0.2) is 12.1 Å². The molecule has 0 atom stereocenters. The van der Waals surface area contributed by atoms with Crippen molar-refractivity contribution in [2.45, 2.75) is 13.8 Å². The topological polar surface area (TPSA) is 52.7 Å². The molecule has 0 amide bonds. The first-order valence-electron chi connectivity index (χ1n) is 4.64. The standard InChI is InChI=1S/C10H12N4O/c1-7-4-8(2)14(12-7)10-9(6-15)5-11-13(10)3/h4-6H,1-3H3. The van der Waals surface area contributed by atoms with E-state index in [0.29, 0.717) is 11.4 Å². The second kappa shape index (κ2) is 3.34. The molecule has 5 nitrogen and oxygen atoms in total. The minimum Gasteiger partial charge on any atom is -0.298 e. The number of carbonyl (C=O) groups excluding carboxylic acids is 1. The summed E-state index contributed by atoms with van der Waals surface area (Å²) in [6.45, 7) is 3.86. The number of hydrogen-bond acceptors (Lipinski definition) is 3. The van der Waals surface area contributed by atoms with Gasteiger partial charge in [-0.2, -0.15) is 10.2 Å². The maximum absolute atomic E-state index is 10.8. The van der Waals surface area contributed by atoms with Crippen molar-refractivity contribution in [2.24, 2.45) is 7.05 Å². The Kier molecular flexibility index (Phi) is 2.15. The molecule has 2 rings (SSSR count). The molecule has 0 N–H and O–H groups in total. The average molecular weight is 204 g/mol. The van der Waals surface area contributed by atoms with E-state index in [-0.39, 0.29) is 0 Å². The highest BCUT2D eigenvalue weighted by Gasteiger charge is 2.12. The maximum Gasteiger partial charge on any atom is 0.162 e. The van der Waals surface area contributed by atoms with Crippen molar-refractivity contribution in [3.05, 3.63) is 29.2 Å². The Labute approximate surface area is 87.3 Å². The van der Waals surface area contributed by atoms with E-state index in [1.165, 1.54) is 0 Å². The number of hydrogen-bond donors (Lipinski definition) is 0. The van der Waals surface area contributed by atoms with E-state index >= 15 is 0 Å². The summed E-state index contributed by atoms with van der Waals surface area (Å²) in [5, 5.41) is 8.36. The fraction of sp³-hybridized carbons (Fsp3) is 0.300. The summed E-state index contributed by atoms with van der Waals surface area (Å²) in [5.74, 6) is 0.704. The Morgan fingerprint density at radius 2 is 2.13 bits per heavy atom. The van der Waals surface area contributed by atoms with Crippen molar-refractivity contribution in [3.63, 3.8) is 0 Å². The summed E-state index contributed by atoms with van der Waals surface area (Å²) < 4.78 is 3.37. The normalized spacial score (nSPS) is 10.6. The lowest BCUT2D eigenvalue weighted by Gasteiger charge is -2.05. The Morgan fingerprint density at radius 1 is 1.40 bits per heavy atom. The maximum atomic E-state index is 10.8. The second-order valence-electron chi connectivity index (χ2n) is 3.50. The molecule has 15 heavy (non-hydrogen) atoms. The van der Waals surface area contributed by atoms with Crippen LogP contribution in [0.1, 0.15) is 21.7 Å². The molecule has 0 saturated carbocycles. The third kappa shape index (κ3) is 1.45. The molecule has 0 fully saturated rings. The summed E-state index contributed by atoms with van der Waals surface area (Å²) in [4.78, 5) is 10.8. The van der Waals surface area contributed by atoms with Gasteiger partial charge >= 0.3 is 0 Å².